The van der Waals surface area contributed by atoms with Gasteiger partial charge in [0.25, 0.3) is 5.91 Å². The average Bonchev–Trinajstić information content (AvgIpc) is 2.78. The molecule has 2 aliphatic heterocycles. The molecular formula is C25H32N4O3. The predicted octanol–water partition coefficient (Wildman–Crippen LogP) is 4.41. The summed E-state index contributed by atoms with van der Waals surface area (Å²) in [6.45, 7) is 7.49. The zero-order valence-corrected chi connectivity index (χ0v) is 19.5. The largest absolute Gasteiger partial charge is 0.493 e. The van der Waals surface area contributed by atoms with Gasteiger partial charge in [-0.25, -0.2) is 0 Å². The first-order chi connectivity index (χ1) is 15.2. The number of likely N-dealkylation sites (tertiary alicyclic amines) is 1. The number of anilines is 2. The van der Waals surface area contributed by atoms with Crippen molar-refractivity contribution in [3.63, 3.8) is 0 Å². The number of carbonyl (C=O) groups is 1. The minimum absolute atomic E-state index is 0.0270. The molecule has 0 aromatic heterocycles. The van der Waals surface area contributed by atoms with Gasteiger partial charge in [-0.15, -0.1) is 0 Å². The number of rotatable bonds is 3. The quantitative estimate of drug-likeness (QED) is 0.745. The zero-order valence-electron chi connectivity index (χ0n) is 19.5. The highest BCUT2D eigenvalue weighted by Gasteiger charge is 2.45. The third-order valence-corrected chi connectivity index (χ3v) is 5.86. The molecular weight excluding hydrogens is 404 g/mol. The second kappa shape index (κ2) is 8.37. The van der Waals surface area contributed by atoms with E-state index in [0.717, 1.165) is 30.1 Å². The molecule has 7 nitrogen and oxygen atoms in total. The van der Waals surface area contributed by atoms with E-state index in [2.05, 4.69) is 37.5 Å². The molecule has 2 aromatic rings. The van der Waals surface area contributed by atoms with Gasteiger partial charge in [0.2, 0.25) is 0 Å². The van der Waals surface area contributed by atoms with Gasteiger partial charge in [0, 0.05) is 12.1 Å². The van der Waals surface area contributed by atoms with Crippen molar-refractivity contribution < 1.29 is 14.3 Å². The Labute approximate surface area is 189 Å². The van der Waals surface area contributed by atoms with Gasteiger partial charge in [0.1, 0.15) is 11.4 Å². The average molecular weight is 437 g/mol. The molecule has 1 saturated heterocycles. The predicted molar refractivity (Wildman–Crippen MR) is 128 cm³/mol. The van der Waals surface area contributed by atoms with Crippen LogP contribution in [0.5, 0.6) is 11.5 Å². The Morgan fingerprint density at radius 3 is 2.47 bits per heavy atom. The van der Waals surface area contributed by atoms with Gasteiger partial charge < -0.3 is 25.0 Å². The van der Waals surface area contributed by atoms with Crippen LogP contribution in [0.15, 0.2) is 47.5 Å². The fourth-order valence-corrected chi connectivity index (χ4v) is 4.41. The number of methoxy groups -OCH3 is 2. The summed E-state index contributed by atoms with van der Waals surface area (Å²) in [5, 5.41) is 7.29. The molecule has 2 aromatic carbocycles. The van der Waals surface area contributed by atoms with E-state index in [9.17, 15) is 4.79 Å². The molecule has 0 unspecified atom stereocenters. The van der Waals surface area contributed by atoms with Gasteiger partial charge in [-0.05, 0) is 63.9 Å². The lowest BCUT2D eigenvalue weighted by atomic mass is 9.84. The number of amides is 1. The number of para-hydroxylation sites is 2. The summed E-state index contributed by atoms with van der Waals surface area (Å²) >= 11 is 0. The van der Waals surface area contributed by atoms with Gasteiger partial charge >= 0.3 is 0 Å². The standard InChI is InChI=1S/C25H32N4O3/c1-24(2,3)28-23-25(27-19-10-7-6-9-18(19)26-23)13-8-14-29(16-25)22(30)17-11-12-20(31-4)21(15-17)32-5/h6-7,9-12,15,27H,8,13-14,16H2,1-5H3,(H,26,28)/t25-/m0/s1. The Bertz CT molecular complexity index is 1040. The molecule has 170 valence electrons. The number of nitrogens with zero attached hydrogens (tertiary/aromatic N) is 2. The molecule has 2 N–H and O–H groups in total. The SMILES string of the molecule is COc1ccc(C(=O)N2CCC[C@@]3(C2)Nc2ccccc2NC3=NC(C)(C)C)cc1OC. The number of ether oxygens (including phenoxy) is 2. The normalized spacial score (nSPS) is 21.5. The first kappa shape index (κ1) is 22.0. The summed E-state index contributed by atoms with van der Waals surface area (Å²) < 4.78 is 10.7. The van der Waals surface area contributed by atoms with Crippen LogP contribution in [-0.2, 0) is 0 Å². The summed E-state index contributed by atoms with van der Waals surface area (Å²) in [4.78, 5) is 20.4. The smallest absolute Gasteiger partial charge is 0.254 e. The Morgan fingerprint density at radius 2 is 1.78 bits per heavy atom. The lowest BCUT2D eigenvalue weighted by Crippen LogP contribution is -2.63. The van der Waals surface area contributed by atoms with Crippen LogP contribution in [0.3, 0.4) is 0 Å². The first-order valence-electron chi connectivity index (χ1n) is 11.0. The summed E-state index contributed by atoms with van der Waals surface area (Å²) in [6.07, 6.45) is 1.76. The molecule has 1 fully saturated rings. The van der Waals surface area contributed by atoms with Crippen molar-refractivity contribution >= 4 is 23.1 Å². The maximum atomic E-state index is 13.5. The van der Waals surface area contributed by atoms with Crippen LogP contribution in [0, 0.1) is 0 Å². The number of hydrogen-bond donors (Lipinski definition) is 2. The molecule has 2 heterocycles. The second-order valence-corrected chi connectivity index (χ2v) is 9.41. The van der Waals surface area contributed by atoms with E-state index in [-0.39, 0.29) is 11.4 Å². The number of amidine groups is 1. The third kappa shape index (κ3) is 4.24. The van der Waals surface area contributed by atoms with Gasteiger partial charge in [-0.2, -0.15) is 0 Å². The Hall–Kier alpha value is -3.22. The fraction of sp³-hybridized carbons (Fsp3) is 0.440. The molecule has 0 radical (unpaired) electrons. The zero-order chi connectivity index (χ0) is 22.9. The lowest BCUT2D eigenvalue weighted by Gasteiger charge is -2.48. The summed E-state index contributed by atoms with van der Waals surface area (Å²) in [5.41, 5.74) is 1.90. The molecule has 0 bridgehead atoms. The molecule has 0 aliphatic carbocycles. The minimum atomic E-state index is -0.466. The van der Waals surface area contributed by atoms with Crippen molar-refractivity contribution in [1.29, 1.82) is 0 Å². The van der Waals surface area contributed by atoms with Crippen molar-refractivity contribution in [2.24, 2.45) is 4.99 Å². The van der Waals surface area contributed by atoms with E-state index in [1.807, 2.05) is 23.1 Å². The third-order valence-electron chi connectivity index (χ3n) is 5.86. The van der Waals surface area contributed by atoms with E-state index >= 15 is 0 Å². The van der Waals surface area contributed by atoms with Crippen LogP contribution in [0.2, 0.25) is 0 Å². The van der Waals surface area contributed by atoms with Crippen LogP contribution in [0.1, 0.15) is 44.0 Å². The van der Waals surface area contributed by atoms with Crippen LogP contribution in [0.25, 0.3) is 0 Å². The molecule has 1 spiro atoms. The van der Waals surface area contributed by atoms with Crippen molar-refractivity contribution in [1.82, 2.24) is 4.90 Å². The molecule has 4 rings (SSSR count). The van der Waals surface area contributed by atoms with Gasteiger partial charge in [0.05, 0.1) is 37.7 Å². The minimum Gasteiger partial charge on any atom is -0.493 e. The van der Waals surface area contributed by atoms with Crippen molar-refractivity contribution in [3.8, 4) is 11.5 Å². The summed E-state index contributed by atoms with van der Waals surface area (Å²) in [6, 6.07) is 13.4. The summed E-state index contributed by atoms with van der Waals surface area (Å²) in [5.74, 6) is 2.01. The second-order valence-electron chi connectivity index (χ2n) is 9.41. The molecule has 2 aliphatic rings. The van der Waals surface area contributed by atoms with Gasteiger partial charge in [-0.3, -0.25) is 9.79 Å². The summed E-state index contributed by atoms with van der Waals surface area (Å²) in [7, 11) is 3.16. The maximum Gasteiger partial charge on any atom is 0.254 e. The number of aliphatic imine (C=N–C) groups is 1. The maximum absolute atomic E-state index is 13.5. The number of benzene rings is 2. The number of nitrogens with one attached hydrogen (secondary N) is 2. The Morgan fingerprint density at radius 1 is 1.06 bits per heavy atom. The van der Waals surface area contributed by atoms with Crippen molar-refractivity contribution in [3.05, 3.63) is 48.0 Å². The molecule has 32 heavy (non-hydrogen) atoms. The number of carbonyl (C=O) groups excluding carboxylic acids is 1. The van der Waals surface area contributed by atoms with Crippen LogP contribution >= 0.6 is 0 Å². The highest BCUT2D eigenvalue weighted by atomic mass is 16.5. The molecule has 0 saturated carbocycles. The van der Waals surface area contributed by atoms with E-state index < -0.39 is 5.54 Å². The monoisotopic (exact) mass is 436 g/mol. The van der Waals surface area contributed by atoms with E-state index in [1.165, 1.54) is 0 Å². The van der Waals surface area contributed by atoms with Crippen LogP contribution < -0.4 is 20.1 Å². The molecule has 7 heteroatoms. The number of fused-ring (bicyclic) bond motifs is 1. The fourth-order valence-electron chi connectivity index (χ4n) is 4.41. The molecule has 1 amide bonds. The number of piperidine rings is 1. The topological polar surface area (TPSA) is 75.2 Å². The van der Waals surface area contributed by atoms with E-state index in [0.29, 0.717) is 30.2 Å². The van der Waals surface area contributed by atoms with Crippen LogP contribution in [0.4, 0.5) is 11.4 Å². The van der Waals surface area contributed by atoms with Gasteiger partial charge in [0.15, 0.2) is 11.5 Å². The first-order valence-corrected chi connectivity index (χ1v) is 11.0. The highest BCUT2D eigenvalue weighted by molar-refractivity contribution is 6.10. The van der Waals surface area contributed by atoms with Crippen LogP contribution in [-0.4, -0.2) is 55.0 Å². The molecule has 1 atom stereocenters. The Kier molecular flexibility index (Phi) is 5.75. The van der Waals surface area contributed by atoms with E-state index in [4.69, 9.17) is 14.5 Å². The highest BCUT2D eigenvalue weighted by Crippen LogP contribution is 2.37. The lowest BCUT2D eigenvalue weighted by molar-refractivity contribution is 0.0694. The van der Waals surface area contributed by atoms with Crippen molar-refractivity contribution in [2.75, 3.05) is 37.9 Å². The number of hydrogen-bond acceptors (Lipinski definition) is 5. The van der Waals surface area contributed by atoms with Crippen molar-refractivity contribution in [2.45, 2.75) is 44.7 Å². The van der Waals surface area contributed by atoms with Gasteiger partial charge in [-0.1, -0.05) is 12.1 Å². The van der Waals surface area contributed by atoms with E-state index in [1.54, 1.807) is 32.4 Å². The Balaban J connectivity index is 1.68.